The van der Waals surface area contributed by atoms with Crippen molar-refractivity contribution in [2.45, 2.75) is 11.9 Å². The largest absolute Gasteiger partial charge is 0.449 e. The summed E-state index contributed by atoms with van der Waals surface area (Å²) in [5, 5.41) is 5.73. The molecule has 0 aromatic heterocycles. The Morgan fingerprint density at radius 3 is 2.27 bits per heavy atom. The highest BCUT2D eigenvalue weighted by molar-refractivity contribution is 5.23. The molecule has 1 aromatic carbocycles. The Balaban J connectivity index is 2.50. The molecule has 1 aliphatic heterocycles. The van der Waals surface area contributed by atoms with Gasteiger partial charge in [-0.1, -0.05) is 35.4 Å². The van der Waals surface area contributed by atoms with Gasteiger partial charge >= 0.3 is 11.9 Å². The van der Waals surface area contributed by atoms with Crippen LogP contribution in [-0.4, -0.2) is 6.18 Å². The van der Waals surface area contributed by atoms with E-state index < -0.39 is 11.9 Å². The van der Waals surface area contributed by atoms with Crippen molar-refractivity contribution in [2.75, 3.05) is 0 Å². The van der Waals surface area contributed by atoms with Crippen LogP contribution in [-0.2, 0) is 15.6 Å². The molecule has 0 spiro atoms. The van der Waals surface area contributed by atoms with Crippen LogP contribution in [0.1, 0.15) is 5.56 Å². The molecule has 15 heavy (non-hydrogen) atoms. The van der Waals surface area contributed by atoms with E-state index in [-0.39, 0.29) is 5.56 Å². The van der Waals surface area contributed by atoms with Gasteiger partial charge in [0.1, 0.15) is 0 Å². The minimum absolute atomic E-state index is 0.182. The summed E-state index contributed by atoms with van der Waals surface area (Å²) in [6.07, 6.45) is -4.73. The molecule has 1 aliphatic rings. The zero-order chi connectivity index (χ0) is 10.9. The van der Waals surface area contributed by atoms with Crippen LogP contribution in [0, 0.1) is 0 Å². The topological polar surface area (TPSA) is 43.2 Å². The fraction of sp³-hybridized carbons (Fsp3) is 0.250. The molecule has 0 saturated heterocycles. The Morgan fingerprint density at radius 1 is 1.13 bits per heavy atom. The van der Waals surface area contributed by atoms with Crippen LogP contribution in [0.2, 0.25) is 0 Å². The minimum atomic E-state index is -4.73. The lowest BCUT2D eigenvalue weighted by Crippen LogP contribution is -2.40. The van der Waals surface area contributed by atoms with Crippen molar-refractivity contribution < 1.29 is 23.0 Å². The molecule has 0 bridgehead atoms. The average molecular weight is 218 g/mol. The molecule has 0 saturated carbocycles. The summed E-state index contributed by atoms with van der Waals surface area (Å²) in [5.41, 5.74) is -3.02. The van der Waals surface area contributed by atoms with Crippen LogP contribution in [0.3, 0.4) is 0 Å². The highest BCUT2D eigenvalue weighted by Gasteiger charge is 2.63. The number of hydrogen-bond acceptors (Lipinski definition) is 4. The molecule has 1 heterocycles. The van der Waals surface area contributed by atoms with E-state index in [1.807, 2.05) is 0 Å². The van der Waals surface area contributed by atoms with Gasteiger partial charge in [0.05, 0.1) is 5.28 Å². The molecule has 1 unspecified atom stereocenters. The third-order valence-electron chi connectivity index (χ3n) is 1.92. The van der Waals surface area contributed by atoms with Crippen LogP contribution < -0.4 is 0 Å². The van der Waals surface area contributed by atoms with Gasteiger partial charge in [0, 0.05) is 5.56 Å². The Kier molecular flexibility index (Phi) is 2.11. The van der Waals surface area contributed by atoms with Crippen LogP contribution in [0.5, 0.6) is 0 Å². The maximum absolute atomic E-state index is 12.7. The molecule has 0 amide bonds. The second-order valence-corrected chi connectivity index (χ2v) is 2.85. The molecule has 0 radical (unpaired) electrons. The van der Waals surface area contributed by atoms with Gasteiger partial charge in [-0.25, -0.2) is 0 Å². The minimum Gasteiger partial charge on any atom is -0.197 e. The number of rotatable bonds is 1. The van der Waals surface area contributed by atoms with Gasteiger partial charge in [-0.3, -0.25) is 0 Å². The number of hydrogen-bond donors (Lipinski definition) is 0. The van der Waals surface area contributed by atoms with Crippen molar-refractivity contribution >= 4 is 0 Å². The highest BCUT2D eigenvalue weighted by Crippen LogP contribution is 2.46. The summed E-state index contributed by atoms with van der Waals surface area (Å²) >= 11 is 0. The fourth-order valence-corrected chi connectivity index (χ4v) is 1.20. The Bertz CT molecular complexity index is 379. The maximum atomic E-state index is 12.7. The first-order valence-corrected chi connectivity index (χ1v) is 3.95. The lowest BCUT2D eigenvalue weighted by Gasteiger charge is -2.23. The summed E-state index contributed by atoms with van der Waals surface area (Å²) in [7, 11) is 0. The Hall–Kier alpha value is -1.63. The zero-order valence-corrected chi connectivity index (χ0v) is 7.23. The van der Waals surface area contributed by atoms with Gasteiger partial charge in [-0.15, -0.1) is 4.89 Å². The fourth-order valence-electron chi connectivity index (χ4n) is 1.20. The number of alkyl halides is 3. The molecule has 0 fully saturated rings. The summed E-state index contributed by atoms with van der Waals surface area (Å²) in [6, 6.07) is 6.95. The van der Waals surface area contributed by atoms with Crippen molar-refractivity contribution in [3.05, 3.63) is 35.9 Å². The van der Waals surface area contributed by atoms with Crippen molar-refractivity contribution in [3.63, 3.8) is 0 Å². The molecule has 4 nitrogen and oxygen atoms in total. The second kappa shape index (κ2) is 3.20. The number of nitrogens with zero attached hydrogens (tertiary/aromatic N) is 2. The Labute approximate surface area is 82.2 Å². The van der Waals surface area contributed by atoms with Crippen molar-refractivity contribution in [3.8, 4) is 0 Å². The van der Waals surface area contributed by atoms with Crippen molar-refractivity contribution in [2.24, 2.45) is 10.4 Å². The predicted molar refractivity (Wildman–Crippen MR) is 41.2 cm³/mol. The van der Waals surface area contributed by atoms with Gasteiger partial charge in [0.15, 0.2) is 0 Å². The lowest BCUT2D eigenvalue weighted by molar-refractivity contribution is -0.400. The average Bonchev–Trinajstić information content (AvgIpc) is 2.68. The van der Waals surface area contributed by atoms with Gasteiger partial charge in [-0.2, -0.15) is 18.2 Å². The summed E-state index contributed by atoms with van der Waals surface area (Å²) in [5.74, 6) is 0. The van der Waals surface area contributed by atoms with Crippen LogP contribution >= 0.6 is 0 Å². The monoisotopic (exact) mass is 218 g/mol. The van der Waals surface area contributed by atoms with E-state index in [4.69, 9.17) is 0 Å². The molecule has 80 valence electrons. The SMILES string of the molecule is FC(F)(F)C1(c2ccccc2)N=NOO1. The van der Waals surface area contributed by atoms with Gasteiger partial charge < -0.3 is 0 Å². The molecule has 0 N–H and O–H groups in total. The quantitative estimate of drug-likeness (QED) is 0.680. The molecule has 0 aliphatic carbocycles. The summed E-state index contributed by atoms with van der Waals surface area (Å²) < 4.78 is 38.2. The van der Waals surface area contributed by atoms with Crippen LogP contribution in [0.25, 0.3) is 0 Å². The molecule has 1 aromatic rings. The third kappa shape index (κ3) is 1.44. The van der Waals surface area contributed by atoms with E-state index in [0.717, 1.165) is 0 Å². The molecular weight excluding hydrogens is 213 g/mol. The van der Waals surface area contributed by atoms with Gasteiger partial charge in [0.2, 0.25) is 0 Å². The first-order chi connectivity index (χ1) is 7.06. The molecule has 2 rings (SSSR count). The number of benzene rings is 1. The molecule has 1 atom stereocenters. The van der Waals surface area contributed by atoms with Crippen LogP contribution in [0.15, 0.2) is 40.7 Å². The van der Waals surface area contributed by atoms with E-state index in [1.54, 1.807) is 6.07 Å². The molecule has 7 heteroatoms. The van der Waals surface area contributed by atoms with E-state index >= 15 is 0 Å². The van der Waals surface area contributed by atoms with Gasteiger partial charge in [-0.05, 0) is 0 Å². The van der Waals surface area contributed by atoms with Gasteiger partial charge in [0.25, 0.3) is 0 Å². The predicted octanol–water partition coefficient (Wildman–Crippen LogP) is 2.73. The van der Waals surface area contributed by atoms with Crippen LogP contribution in [0.4, 0.5) is 13.2 Å². The van der Waals surface area contributed by atoms with Crippen molar-refractivity contribution in [1.82, 2.24) is 0 Å². The maximum Gasteiger partial charge on any atom is 0.449 e. The summed E-state index contributed by atoms with van der Waals surface area (Å²) in [6.45, 7) is 0. The smallest absolute Gasteiger partial charge is 0.197 e. The third-order valence-corrected chi connectivity index (χ3v) is 1.92. The lowest BCUT2D eigenvalue weighted by atomic mass is 10.0. The van der Waals surface area contributed by atoms with E-state index in [1.165, 1.54) is 24.3 Å². The standard InChI is InChI=1S/C8H5F3N2O2/c9-8(10,11)7(12-13-15-14-7)6-4-2-1-3-5-6/h1-5H. The highest BCUT2D eigenvalue weighted by atomic mass is 19.4. The van der Waals surface area contributed by atoms with E-state index in [2.05, 4.69) is 20.3 Å². The zero-order valence-electron chi connectivity index (χ0n) is 7.23. The Morgan fingerprint density at radius 2 is 1.80 bits per heavy atom. The van der Waals surface area contributed by atoms with E-state index in [0.29, 0.717) is 0 Å². The molecular formula is C8H5F3N2O2. The first-order valence-electron chi connectivity index (χ1n) is 3.95. The second-order valence-electron chi connectivity index (χ2n) is 2.85. The number of halogens is 3. The van der Waals surface area contributed by atoms with Crippen molar-refractivity contribution in [1.29, 1.82) is 0 Å². The van der Waals surface area contributed by atoms with E-state index in [9.17, 15) is 13.2 Å². The first kappa shape index (κ1) is 9.91. The summed E-state index contributed by atoms with van der Waals surface area (Å²) in [4.78, 5) is 8.01. The normalized spacial score (nSPS) is 25.3.